The molecule has 0 bridgehead atoms. The van der Waals surface area contributed by atoms with Crippen LogP contribution in [-0.4, -0.2) is 31.0 Å². The predicted molar refractivity (Wildman–Crippen MR) is 133 cm³/mol. The van der Waals surface area contributed by atoms with E-state index in [1.807, 2.05) is 45.0 Å². The van der Waals surface area contributed by atoms with Gasteiger partial charge in [0.25, 0.3) is 5.56 Å². The molecule has 0 spiro atoms. The number of thioether (sulfide) groups is 1. The molecule has 0 radical (unpaired) electrons. The Morgan fingerprint density at radius 2 is 1.85 bits per heavy atom. The summed E-state index contributed by atoms with van der Waals surface area (Å²) in [7, 11) is 0. The summed E-state index contributed by atoms with van der Waals surface area (Å²) in [5.41, 5.74) is 4.43. The van der Waals surface area contributed by atoms with Gasteiger partial charge >= 0.3 is 0 Å². The molecule has 0 aliphatic rings. The summed E-state index contributed by atoms with van der Waals surface area (Å²) in [4.78, 5) is 30.8. The van der Waals surface area contributed by atoms with Gasteiger partial charge in [-0.25, -0.2) is 9.37 Å². The van der Waals surface area contributed by atoms with E-state index in [1.165, 1.54) is 17.8 Å². The number of carbonyl (C=O) groups excluding carboxylic acids is 1. The van der Waals surface area contributed by atoms with Crippen molar-refractivity contribution in [3.8, 4) is 0 Å². The van der Waals surface area contributed by atoms with Crippen molar-refractivity contribution in [2.24, 2.45) is 0 Å². The second-order valence-corrected chi connectivity index (χ2v) is 9.11. The number of aromatic nitrogens is 4. The van der Waals surface area contributed by atoms with Crippen LogP contribution >= 0.6 is 11.8 Å². The quantitative estimate of drug-likeness (QED) is 0.313. The highest BCUT2D eigenvalue weighted by Crippen LogP contribution is 2.22. The van der Waals surface area contributed by atoms with Crippen molar-refractivity contribution in [2.45, 2.75) is 45.9 Å². The molecule has 9 heteroatoms. The summed E-state index contributed by atoms with van der Waals surface area (Å²) in [6, 6.07) is 12.5. The minimum absolute atomic E-state index is 0.0162. The molecule has 0 atom stereocenters. The number of fused-ring (bicyclic) bond motifs is 1. The number of aryl methyl sites for hydroxylation is 4. The Kier molecular flexibility index (Phi) is 6.83. The van der Waals surface area contributed by atoms with Crippen LogP contribution in [0.25, 0.3) is 11.0 Å². The molecule has 34 heavy (non-hydrogen) atoms. The minimum Gasteiger partial charge on any atom is -0.325 e. The van der Waals surface area contributed by atoms with E-state index in [9.17, 15) is 14.0 Å². The third kappa shape index (κ3) is 4.89. The van der Waals surface area contributed by atoms with Crippen LogP contribution < -0.4 is 10.9 Å². The van der Waals surface area contributed by atoms with E-state index in [4.69, 9.17) is 4.98 Å². The number of nitrogens with zero attached hydrogens (tertiary/aromatic N) is 4. The topological polar surface area (TPSA) is 81.8 Å². The maximum Gasteiger partial charge on any atom is 0.280 e. The molecule has 1 N–H and O–H groups in total. The number of nitrogens with one attached hydrogen (secondary N) is 1. The van der Waals surface area contributed by atoms with E-state index in [1.54, 1.807) is 28.3 Å². The van der Waals surface area contributed by atoms with Gasteiger partial charge in [-0.1, -0.05) is 47.7 Å². The van der Waals surface area contributed by atoms with Gasteiger partial charge in [-0.05, 0) is 51.0 Å². The van der Waals surface area contributed by atoms with Crippen LogP contribution in [0.5, 0.6) is 0 Å². The van der Waals surface area contributed by atoms with Crippen molar-refractivity contribution in [3.05, 3.63) is 81.0 Å². The number of hydrogen-bond donors (Lipinski definition) is 1. The largest absolute Gasteiger partial charge is 0.325 e. The standard InChI is InChI=1S/C25H26FN5O2S/c1-5-31-23-22(17(4)29-31)28-25(30(24(23)33)13-18-9-6-15(2)7-10-18)34-14-21(32)27-19-11-8-16(3)20(26)12-19/h6-12H,5,13-14H2,1-4H3,(H,27,32). The predicted octanol–water partition coefficient (Wildman–Crippen LogP) is 4.46. The van der Waals surface area contributed by atoms with E-state index in [2.05, 4.69) is 10.4 Å². The number of hydrogen-bond acceptors (Lipinski definition) is 5. The van der Waals surface area contributed by atoms with Crippen LogP contribution in [0.4, 0.5) is 10.1 Å². The number of carbonyl (C=O) groups is 1. The lowest BCUT2D eigenvalue weighted by atomic mass is 10.1. The molecule has 2 aromatic heterocycles. The van der Waals surface area contributed by atoms with Gasteiger partial charge in [-0.15, -0.1) is 0 Å². The Morgan fingerprint density at radius 3 is 2.53 bits per heavy atom. The van der Waals surface area contributed by atoms with Crippen LogP contribution in [0.1, 0.15) is 29.3 Å². The van der Waals surface area contributed by atoms with Gasteiger partial charge in [0, 0.05) is 12.2 Å². The SMILES string of the molecule is CCn1nc(C)c2nc(SCC(=O)Nc3ccc(C)c(F)c3)n(Cc3ccc(C)cc3)c(=O)c21. The third-order valence-electron chi connectivity index (χ3n) is 5.53. The highest BCUT2D eigenvalue weighted by atomic mass is 32.2. The summed E-state index contributed by atoms with van der Waals surface area (Å²) >= 11 is 1.17. The lowest BCUT2D eigenvalue weighted by Gasteiger charge is -2.13. The molecule has 0 unspecified atom stereocenters. The summed E-state index contributed by atoms with van der Waals surface area (Å²) < 4.78 is 17.1. The minimum atomic E-state index is -0.382. The fourth-order valence-corrected chi connectivity index (χ4v) is 4.43. The van der Waals surface area contributed by atoms with Crippen LogP contribution in [0.3, 0.4) is 0 Å². The molecule has 0 aliphatic carbocycles. The normalized spacial score (nSPS) is 11.2. The van der Waals surface area contributed by atoms with E-state index >= 15 is 0 Å². The van der Waals surface area contributed by atoms with Crippen molar-refractivity contribution < 1.29 is 9.18 Å². The maximum atomic E-state index is 13.8. The monoisotopic (exact) mass is 479 g/mol. The first kappa shape index (κ1) is 23.7. The summed E-state index contributed by atoms with van der Waals surface area (Å²) in [5.74, 6) is -0.680. The smallest absolute Gasteiger partial charge is 0.280 e. The van der Waals surface area contributed by atoms with Crippen LogP contribution in [0.15, 0.2) is 52.4 Å². The molecule has 0 fully saturated rings. The average molecular weight is 480 g/mol. The van der Waals surface area contributed by atoms with Crippen LogP contribution in [0, 0.1) is 26.6 Å². The lowest BCUT2D eigenvalue weighted by Crippen LogP contribution is -2.26. The number of anilines is 1. The highest BCUT2D eigenvalue weighted by Gasteiger charge is 2.19. The van der Waals surface area contributed by atoms with Gasteiger partial charge in [-0.3, -0.25) is 18.8 Å². The zero-order valence-electron chi connectivity index (χ0n) is 19.6. The first-order chi connectivity index (χ1) is 16.3. The molecule has 1 amide bonds. The second kappa shape index (κ2) is 9.80. The molecular weight excluding hydrogens is 453 g/mol. The zero-order chi connectivity index (χ0) is 24.4. The number of amides is 1. The highest BCUT2D eigenvalue weighted by molar-refractivity contribution is 7.99. The molecule has 4 rings (SSSR count). The summed E-state index contributed by atoms with van der Waals surface area (Å²) in [5, 5.41) is 7.59. The van der Waals surface area contributed by atoms with Crippen LogP contribution in [-0.2, 0) is 17.9 Å². The van der Waals surface area contributed by atoms with E-state index in [0.29, 0.717) is 46.2 Å². The Labute approximate surface area is 201 Å². The zero-order valence-corrected chi connectivity index (χ0v) is 20.4. The van der Waals surface area contributed by atoms with Gasteiger partial charge in [-0.2, -0.15) is 5.10 Å². The average Bonchev–Trinajstić information content (AvgIpc) is 3.14. The van der Waals surface area contributed by atoms with Crippen molar-refractivity contribution in [3.63, 3.8) is 0 Å². The third-order valence-corrected chi connectivity index (χ3v) is 6.51. The summed E-state index contributed by atoms with van der Waals surface area (Å²) in [6.45, 7) is 8.28. The first-order valence-electron chi connectivity index (χ1n) is 11.0. The van der Waals surface area contributed by atoms with Gasteiger partial charge in [0.15, 0.2) is 10.7 Å². The Balaban J connectivity index is 1.66. The number of halogens is 1. The van der Waals surface area contributed by atoms with Gasteiger partial charge in [0.05, 0.1) is 18.0 Å². The first-order valence-corrected chi connectivity index (χ1v) is 12.0. The molecule has 0 saturated carbocycles. The molecule has 2 aromatic carbocycles. The van der Waals surface area contributed by atoms with Crippen LogP contribution in [0.2, 0.25) is 0 Å². The van der Waals surface area contributed by atoms with Gasteiger partial charge in [0.2, 0.25) is 5.91 Å². The maximum absolute atomic E-state index is 13.8. The van der Waals surface area contributed by atoms with Gasteiger partial charge < -0.3 is 5.32 Å². The molecule has 7 nitrogen and oxygen atoms in total. The molecule has 4 aromatic rings. The number of benzene rings is 2. The molecule has 2 heterocycles. The van der Waals surface area contributed by atoms with Crippen molar-refractivity contribution in [1.29, 1.82) is 0 Å². The van der Waals surface area contributed by atoms with Crippen molar-refractivity contribution in [2.75, 3.05) is 11.1 Å². The second-order valence-electron chi connectivity index (χ2n) is 8.17. The van der Waals surface area contributed by atoms with E-state index in [-0.39, 0.29) is 23.0 Å². The lowest BCUT2D eigenvalue weighted by molar-refractivity contribution is -0.113. The summed E-state index contributed by atoms with van der Waals surface area (Å²) in [6.07, 6.45) is 0. The molecule has 176 valence electrons. The van der Waals surface area contributed by atoms with E-state index < -0.39 is 0 Å². The van der Waals surface area contributed by atoms with Crippen molar-refractivity contribution in [1.82, 2.24) is 19.3 Å². The molecule has 0 aliphatic heterocycles. The van der Waals surface area contributed by atoms with E-state index in [0.717, 1.165) is 11.1 Å². The number of rotatable bonds is 7. The Hall–Kier alpha value is -3.46. The molecule has 0 saturated heterocycles. The molecular formula is C25H26FN5O2S. The Bertz CT molecular complexity index is 1430. The van der Waals surface area contributed by atoms with Crippen molar-refractivity contribution >= 4 is 34.4 Å². The van der Waals surface area contributed by atoms with Gasteiger partial charge in [0.1, 0.15) is 11.3 Å². The fraction of sp³-hybridized carbons (Fsp3) is 0.280. The fourth-order valence-electron chi connectivity index (χ4n) is 3.64. The Morgan fingerprint density at radius 1 is 1.12 bits per heavy atom.